The summed E-state index contributed by atoms with van der Waals surface area (Å²) in [6, 6.07) is 42.9. The van der Waals surface area contributed by atoms with Crippen LogP contribution in [0.2, 0.25) is 0 Å². The molecule has 0 aliphatic heterocycles. The maximum atomic E-state index is 14.6. The molecule has 0 spiro atoms. The first kappa shape index (κ1) is 28.9. The summed E-state index contributed by atoms with van der Waals surface area (Å²) in [5.41, 5.74) is 10.5. The Bertz CT molecular complexity index is 2420. The topological polar surface area (TPSA) is 28.7 Å². The van der Waals surface area contributed by atoms with Crippen molar-refractivity contribution in [3.05, 3.63) is 161 Å². The zero-order valence-corrected chi connectivity index (χ0v) is 26.7. The van der Waals surface area contributed by atoms with E-state index in [0.29, 0.717) is 5.56 Å². The van der Waals surface area contributed by atoms with Crippen LogP contribution in [0, 0.1) is 23.0 Å². The van der Waals surface area contributed by atoms with Crippen LogP contribution in [0.1, 0.15) is 55.5 Å². The van der Waals surface area contributed by atoms with Gasteiger partial charge in [0.25, 0.3) is 0 Å². The lowest BCUT2D eigenvalue weighted by Crippen LogP contribution is -2.36. The van der Waals surface area contributed by atoms with Crippen LogP contribution in [-0.4, -0.2) is 4.57 Å². The highest BCUT2D eigenvalue weighted by Gasteiger charge is 2.42. The van der Waals surface area contributed by atoms with Gasteiger partial charge >= 0.3 is 0 Å². The third-order valence-electron chi connectivity index (χ3n) is 10.2. The highest BCUT2D eigenvalue weighted by atomic mass is 19.1. The molecule has 2 nitrogen and oxygen atoms in total. The van der Waals surface area contributed by atoms with E-state index in [2.05, 4.69) is 129 Å². The molecule has 1 heterocycles. The lowest BCUT2D eigenvalue weighted by molar-refractivity contribution is 0.521. The van der Waals surface area contributed by atoms with Crippen molar-refractivity contribution in [3.8, 4) is 34.0 Å². The highest BCUT2D eigenvalue weighted by molar-refractivity contribution is 6.10. The number of hydrogen-bond acceptors (Lipinski definition) is 1. The molecule has 228 valence electrons. The molecule has 6 aromatic carbocycles. The van der Waals surface area contributed by atoms with E-state index >= 15 is 0 Å². The summed E-state index contributed by atoms with van der Waals surface area (Å²) >= 11 is 0. The molecule has 0 saturated heterocycles. The number of hydrogen-bond donors (Lipinski definition) is 0. The molecule has 7 aromatic rings. The van der Waals surface area contributed by atoms with Crippen molar-refractivity contribution >= 4 is 21.8 Å². The summed E-state index contributed by atoms with van der Waals surface area (Å²) in [6.07, 6.45) is 0. The normalized spacial score (nSPS) is 14.5. The van der Waals surface area contributed by atoms with Gasteiger partial charge < -0.3 is 4.57 Å². The molecule has 0 atom stereocenters. The fraction of sp³-hybridized carbons (Fsp3) is 0.140. The maximum Gasteiger partial charge on any atom is 0.144 e. The molecule has 0 unspecified atom stereocenters. The Morgan fingerprint density at radius 2 is 1.02 bits per heavy atom. The smallest absolute Gasteiger partial charge is 0.144 e. The minimum atomic E-state index is -0.847. The van der Waals surface area contributed by atoms with E-state index in [-0.39, 0.29) is 10.8 Å². The SMILES string of the molecule is CC1(C)c2ccc(-c3ccc4c(c3)c3ccccc3n4-c3ccccc3)cc2C(C)(C)c2ccc(-c3cc(F)c(C#N)c(F)c3)cc21. The quantitative estimate of drug-likeness (QED) is 0.195. The third-order valence-corrected chi connectivity index (χ3v) is 10.2. The summed E-state index contributed by atoms with van der Waals surface area (Å²) in [5.74, 6) is -1.69. The van der Waals surface area contributed by atoms with Gasteiger partial charge in [-0.2, -0.15) is 5.26 Å². The Labute approximate surface area is 273 Å². The van der Waals surface area contributed by atoms with E-state index < -0.39 is 17.2 Å². The molecule has 0 radical (unpaired) electrons. The number of rotatable bonds is 3. The van der Waals surface area contributed by atoms with Crippen LogP contribution in [0.15, 0.2) is 121 Å². The molecule has 0 amide bonds. The lowest BCUT2D eigenvalue weighted by atomic mass is 9.59. The molecule has 1 aromatic heterocycles. The Hall–Kier alpha value is -5.53. The van der Waals surface area contributed by atoms with Crippen molar-refractivity contribution in [1.29, 1.82) is 5.26 Å². The van der Waals surface area contributed by atoms with Crippen molar-refractivity contribution in [2.24, 2.45) is 0 Å². The average Bonchev–Trinajstić information content (AvgIpc) is 3.41. The zero-order valence-electron chi connectivity index (χ0n) is 26.7. The fourth-order valence-electron chi connectivity index (χ4n) is 7.72. The van der Waals surface area contributed by atoms with Gasteiger partial charge in [-0.3, -0.25) is 0 Å². The van der Waals surface area contributed by atoms with E-state index in [1.807, 2.05) is 12.1 Å². The molecule has 47 heavy (non-hydrogen) atoms. The number of aromatic nitrogens is 1. The summed E-state index contributed by atoms with van der Waals surface area (Å²) in [6.45, 7) is 8.93. The number of nitriles is 1. The molecule has 4 heteroatoms. The van der Waals surface area contributed by atoms with Crippen LogP contribution >= 0.6 is 0 Å². The first-order valence-corrected chi connectivity index (χ1v) is 15.9. The van der Waals surface area contributed by atoms with Crippen molar-refractivity contribution < 1.29 is 8.78 Å². The zero-order chi connectivity index (χ0) is 32.7. The Balaban J connectivity index is 1.25. The first-order chi connectivity index (χ1) is 22.6. The minimum Gasteiger partial charge on any atom is -0.309 e. The number of benzene rings is 6. The van der Waals surface area contributed by atoms with Gasteiger partial charge in [0.2, 0.25) is 0 Å². The summed E-state index contributed by atoms with van der Waals surface area (Å²) in [4.78, 5) is 0. The molecule has 0 fully saturated rings. The average molecular weight is 615 g/mol. The van der Waals surface area contributed by atoms with Crippen LogP contribution in [0.4, 0.5) is 8.78 Å². The molecule has 0 N–H and O–H groups in total. The van der Waals surface area contributed by atoms with E-state index in [1.54, 1.807) is 6.07 Å². The first-order valence-electron chi connectivity index (χ1n) is 15.9. The van der Waals surface area contributed by atoms with Gasteiger partial charge in [-0.1, -0.05) is 94.4 Å². The Morgan fingerprint density at radius 1 is 0.511 bits per heavy atom. The Kier molecular flexibility index (Phi) is 6.30. The second-order valence-corrected chi connectivity index (χ2v) is 13.6. The maximum absolute atomic E-state index is 14.6. The van der Waals surface area contributed by atoms with Crippen molar-refractivity contribution in [2.45, 2.75) is 38.5 Å². The van der Waals surface area contributed by atoms with Crippen LogP contribution < -0.4 is 0 Å². The number of nitrogens with zero attached hydrogens (tertiary/aromatic N) is 2. The molecule has 1 aliphatic carbocycles. The van der Waals surface area contributed by atoms with E-state index in [9.17, 15) is 8.78 Å². The summed E-state index contributed by atoms with van der Waals surface area (Å²) in [7, 11) is 0. The molecular weight excluding hydrogens is 582 g/mol. The second-order valence-electron chi connectivity index (χ2n) is 13.6. The molecule has 8 rings (SSSR count). The van der Waals surface area contributed by atoms with Gasteiger partial charge in [0.15, 0.2) is 0 Å². The monoisotopic (exact) mass is 614 g/mol. The molecule has 0 saturated carbocycles. The predicted molar refractivity (Wildman–Crippen MR) is 187 cm³/mol. The largest absolute Gasteiger partial charge is 0.309 e. The number of halogens is 2. The molecule has 1 aliphatic rings. The van der Waals surface area contributed by atoms with Crippen molar-refractivity contribution in [1.82, 2.24) is 4.57 Å². The van der Waals surface area contributed by atoms with E-state index in [1.165, 1.54) is 50.6 Å². The summed E-state index contributed by atoms with van der Waals surface area (Å²) < 4.78 is 31.5. The van der Waals surface area contributed by atoms with Crippen LogP contribution in [-0.2, 0) is 10.8 Å². The van der Waals surface area contributed by atoms with Crippen LogP contribution in [0.25, 0.3) is 49.7 Å². The summed E-state index contributed by atoms with van der Waals surface area (Å²) in [5, 5.41) is 11.6. The fourth-order valence-corrected chi connectivity index (χ4v) is 7.72. The van der Waals surface area contributed by atoms with Crippen LogP contribution in [0.3, 0.4) is 0 Å². The number of fused-ring (bicyclic) bond motifs is 5. The van der Waals surface area contributed by atoms with Gasteiger partial charge in [-0.15, -0.1) is 0 Å². The molecular formula is C43H32F2N2. The standard InChI is InChI=1S/C43H32F2N2/c1-42(2)35-18-15-28(29-23-38(44)33(25-46)39(45)24-29)22-37(35)43(3,4)34-17-14-27(21-36(34)42)26-16-19-41-32(20-26)31-12-8-9-13-40(31)47(41)30-10-6-5-7-11-30/h5-24H,1-4H3. The van der Waals surface area contributed by atoms with Gasteiger partial charge in [0, 0.05) is 27.3 Å². The van der Waals surface area contributed by atoms with Crippen molar-refractivity contribution in [2.75, 3.05) is 0 Å². The van der Waals surface area contributed by atoms with Gasteiger partial charge in [0.05, 0.1) is 11.0 Å². The van der Waals surface area contributed by atoms with Crippen LogP contribution in [0.5, 0.6) is 0 Å². The van der Waals surface area contributed by atoms with Gasteiger partial charge in [-0.25, -0.2) is 8.78 Å². The third kappa shape index (κ3) is 4.27. The van der Waals surface area contributed by atoms with Gasteiger partial charge in [-0.05, 0) is 99.1 Å². The predicted octanol–water partition coefficient (Wildman–Crippen LogP) is 11.2. The van der Waals surface area contributed by atoms with E-state index in [0.717, 1.165) is 27.9 Å². The van der Waals surface area contributed by atoms with E-state index in [4.69, 9.17) is 5.26 Å². The lowest BCUT2D eigenvalue weighted by Gasteiger charge is -2.44. The second kappa shape index (κ2) is 10.2. The van der Waals surface area contributed by atoms with Crippen molar-refractivity contribution in [3.63, 3.8) is 0 Å². The highest BCUT2D eigenvalue weighted by Crippen LogP contribution is 2.51. The Morgan fingerprint density at radius 3 is 1.64 bits per heavy atom. The minimum absolute atomic E-state index is 0.316. The molecule has 0 bridgehead atoms. The van der Waals surface area contributed by atoms with Gasteiger partial charge in [0.1, 0.15) is 23.3 Å². The number of para-hydroxylation sites is 2.